The van der Waals surface area contributed by atoms with Crippen molar-refractivity contribution in [3.63, 3.8) is 0 Å². The molecule has 1 aliphatic rings. The molecule has 0 aliphatic carbocycles. The quantitative estimate of drug-likeness (QED) is 0.686. The van der Waals surface area contributed by atoms with E-state index in [0.29, 0.717) is 0 Å². The predicted octanol–water partition coefficient (Wildman–Crippen LogP) is 5.48. The van der Waals surface area contributed by atoms with Crippen molar-refractivity contribution < 1.29 is 13.9 Å². The van der Waals surface area contributed by atoms with Gasteiger partial charge in [-0.2, -0.15) is 0 Å². The molecule has 2 rings (SSSR count). The smallest absolute Gasteiger partial charge is 0.411 e. The minimum atomic E-state index is -0.574. The molecule has 0 saturated carbocycles. The monoisotopic (exact) mass is 333 g/mol. The van der Waals surface area contributed by atoms with Crippen LogP contribution in [0, 0.1) is 11.2 Å². The summed E-state index contributed by atoms with van der Waals surface area (Å²) in [6, 6.07) is 6.27. The van der Waals surface area contributed by atoms with Gasteiger partial charge in [0.1, 0.15) is 11.4 Å². The summed E-state index contributed by atoms with van der Waals surface area (Å²) in [5.41, 5.74) is -0.0168. The first kappa shape index (κ1) is 18.5. The van der Waals surface area contributed by atoms with Crippen molar-refractivity contribution in [2.75, 3.05) is 0 Å². The number of benzene rings is 1. The van der Waals surface area contributed by atoms with Gasteiger partial charge in [0.25, 0.3) is 0 Å². The summed E-state index contributed by atoms with van der Waals surface area (Å²) in [4.78, 5) is 14.7. The maximum absolute atomic E-state index is 13.7. The van der Waals surface area contributed by atoms with E-state index in [1.165, 1.54) is 12.1 Å². The van der Waals surface area contributed by atoms with Gasteiger partial charge in [0.15, 0.2) is 0 Å². The SMILES string of the molecule is C=CC(C)(C)[C@H]1CC[C@@H](c2cccc(F)c2)N1C(=O)OC(C)(C)C. The third kappa shape index (κ3) is 3.97. The number of hydrogen-bond donors (Lipinski definition) is 0. The Bertz CT molecular complexity index is 618. The molecule has 0 N–H and O–H groups in total. The van der Waals surface area contributed by atoms with Crippen molar-refractivity contribution in [2.24, 2.45) is 5.41 Å². The molecular formula is C20H28FNO2. The van der Waals surface area contributed by atoms with E-state index in [1.807, 2.05) is 32.9 Å². The van der Waals surface area contributed by atoms with Crippen LogP contribution in [0.3, 0.4) is 0 Å². The van der Waals surface area contributed by atoms with Gasteiger partial charge in [-0.3, -0.25) is 4.90 Å². The second kappa shape index (κ2) is 6.58. The first-order valence-corrected chi connectivity index (χ1v) is 8.45. The highest BCUT2D eigenvalue weighted by molar-refractivity contribution is 5.70. The number of nitrogens with zero attached hydrogens (tertiary/aromatic N) is 1. The van der Waals surface area contributed by atoms with Gasteiger partial charge in [-0.1, -0.05) is 32.1 Å². The summed E-state index contributed by atoms with van der Waals surface area (Å²) in [6.45, 7) is 13.6. The van der Waals surface area contributed by atoms with Crippen LogP contribution in [0.1, 0.15) is 59.1 Å². The van der Waals surface area contributed by atoms with Crippen LogP contribution in [0.25, 0.3) is 0 Å². The number of ether oxygens (including phenoxy) is 1. The first-order valence-electron chi connectivity index (χ1n) is 8.45. The molecule has 1 saturated heterocycles. The van der Waals surface area contributed by atoms with Crippen LogP contribution in [-0.4, -0.2) is 22.6 Å². The van der Waals surface area contributed by atoms with Crippen LogP contribution in [0.15, 0.2) is 36.9 Å². The topological polar surface area (TPSA) is 29.5 Å². The molecule has 2 atom stereocenters. The molecule has 0 spiro atoms. The molecule has 1 fully saturated rings. The van der Waals surface area contributed by atoms with E-state index in [-0.39, 0.29) is 29.4 Å². The number of hydrogen-bond acceptors (Lipinski definition) is 2. The molecule has 0 bridgehead atoms. The molecular weight excluding hydrogens is 305 g/mol. The third-order valence-corrected chi connectivity index (χ3v) is 4.61. The van der Waals surface area contributed by atoms with Crippen LogP contribution in [0.2, 0.25) is 0 Å². The highest BCUT2D eigenvalue weighted by atomic mass is 19.1. The molecule has 0 aromatic heterocycles. The van der Waals surface area contributed by atoms with Crippen LogP contribution in [-0.2, 0) is 4.74 Å². The summed E-state index contributed by atoms with van der Waals surface area (Å²) < 4.78 is 19.3. The van der Waals surface area contributed by atoms with E-state index < -0.39 is 5.60 Å². The van der Waals surface area contributed by atoms with E-state index in [1.54, 1.807) is 11.0 Å². The van der Waals surface area contributed by atoms with Crippen molar-refractivity contribution in [3.8, 4) is 0 Å². The van der Waals surface area contributed by atoms with Crippen molar-refractivity contribution in [1.29, 1.82) is 0 Å². The second-order valence-corrected chi connectivity index (χ2v) is 8.08. The largest absolute Gasteiger partial charge is 0.444 e. The molecule has 0 radical (unpaired) electrons. The lowest BCUT2D eigenvalue weighted by Crippen LogP contribution is -2.46. The van der Waals surface area contributed by atoms with E-state index in [0.717, 1.165) is 18.4 Å². The van der Waals surface area contributed by atoms with Gasteiger partial charge in [-0.25, -0.2) is 9.18 Å². The summed E-state index contributed by atoms with van der Waals surface area (Å²) in [5, 5.41) is 0. The normalized spacial score (nSPS) is 21.7. The van der Waals surface area contributed by atoms with Crippen molar-refractivity contribution >= 4 is 6.09 Å². The highest BCUT2D eigenvalue weighted by Gasteiger charge is 2.45. The Morgan fingerprint density at radius 2 is 1.96 bits per heavy atom. The molecule has 1 aliphatic heterocycles. The lowest BCUT2D eigenvalue weighted by atomic mass is 9.83. The zero-order valence-corrected chi connectivity index (χ0v) is 15.3. The molecule has 24 heavy (non-hydrogen) atoms. The number of carbonyl (C=O) groups excluding carboxylic acids is 1. The van der Waals surface area contributed by atoms with Crippen molar-refractivity contribution in [3.05, 3.63) is 48.3 Å². The van der Waals surface area contributed by atoms with E-state index in [9.17, 15) is 9.18 Å². The van der Waals surface area contributed by atoms with Crippen molar-refractivity contribution in [1.82, 2.24) is 4.90 Å². The molecule has 132 valence electrons. The van der Waals surface area contributed by atoms with Gasteiger partial charge in [-0.05, 0) is 51.3 Å². The number of halogens is 1. The Kier molecular flexibility index (Phi) is 5.07. The van der Waals surface area contributed by atoms with Gasteiger partial charge in [0.05, 0.1) is 6.04 Å². The second-order valence-electron chi connectivity index (χ2n) is 8.08. The zero-order chi connectivity index (χ0) is 18.1. The minimum Gasteiger partial charge on any atom is -0.444 e. The van der Waals surface area contributed by atoms with Gasteiger partial charge in [-0.15, -0.1) is 6.58 Å². The Balaban J connectivity index is 2.40. The average Bonchev–Trinajstić information content (AvgIpc) is 2.91. The number of likely N-dealkylation sites (tertiary alicyclic amines) is 1. The van der Waals surface area contributed by atoms with Gasteiger partial charge >= 0.3 is 6.09 Å². The van der Waals surface area contributed by atoms with Gasteiger partial charge < -0.3 is 4.74 Å². The van der Waals surface area contributed by atoms with E-state index in [2.05, 4.69) is 20.4 Å². The molecule has 1 aromatic carbocycles. The third-order valence-electron chi connectivity index (χ3n) is 4.61. The van der Waals surface area contributed by atoms with E-state index in [4.69, 9.17) is 4.74 Å². The Hall–Kier alpha value is -1.84. The summed E-state index contributed by atoms with van der Waals surface area (Å²) >= 11 is 0. The fraction of sp³-hybridized carbons (Fsp3) is 0.550. The maximum atomic E-state index is 13.7. The Morgan fingerprint density at radius 3 is 2.50 bits per heavy atom. The summed E-state index contributed by atoms with van der Waals surface area (Å²) in [6.07, 6.45) is 3.14. The summed E-state index contributed by atoms with van der Waals surface area (Å²) in [5.74, 6) is -0.289. The van der Waals surface area contributed by atoms with Crippen LogP contribution >= 0.6 is 0 Å². The molecule has 1 heterocycles. The fourth-order valence-corrected chi connectivity index (χ4v) is 3.29. The van der Waals surface area contributed by atoms with Crippen molar-refractivity contribution in [2.45, 2.75) is 65.1 Å². The molecule has 0 unspecified atom stereocenters. The average molecular weight is 333 g/mol. The molecule has 3 nitrogen and oxygen atoms in total. The number of amides is 1. The predicted molar refractivity (Wildman–Crippen MR) is 94.2 cm³/mol. The minimum absolute atomic E-state index is 0.0295. The standard InChI is InChI=1S/C20H28FNO2/c1-7-20(5,6)17-12-11-16(14-9-8-10-15(21)13-14)22(17)18(23)24-19(2,3)4/h7-10,13,16-17H,1,11-12H2,2-6H3/t16-,17+/m0/s1. The molecule has 1 aromatic rings. The zero-order valence-electron chi connectivity index (χ0n) is 15.3. The van der Waals surface area contributed by atoms with Crippen LogP contribution in [0.4, 0.5) is 9.18 Å². The fourth-order valence-electron chi connectivity index (χ4n) is 3.29. The number of rotatable bonds is 3. The lowest BCUT2D eigenvalue weighted by molar-refractivity contribution is 0.00524. The first-order chi connectivity index (χ1) is 11.0. The Labute approximate surface area is 144 Å². The highest BCUT2D eigenvalue weighted by Crippen LogP contribution is 2.44. The maximum Gasteiger partial charge on any atom is 0.411 e. The van der Waals surface area contributed by atoms with E-state index >= 15 is 0 Å². The number of carbonyl (C=O) groups is 1. The van der Waals surface area contributed by atoms with Crippen LogP contribution < -0.4 is 0 Å². The van der Waals surface area contributed by atoms with Gasteiger partial charge in [0, 0.05) is 11.5 Å². The van der Waals surface area contributed by atoms with Gasteiger partial charge in [0.2, 0.25) is 0 Å². The Morgan fingerprint density at radius 1 is 1.29 bits per heavy atom. The lowest BCUT2D eigenvalue weighted by Gasteiger charge is -2.39. The van der Waals surface area contributed by atoms with Crippen LogP contribution in [0.5, 0.6) is 0 Å². The molecule has 1 amide bonds. The summed E-state index contributed by atoms with van der Waals surface area (Å²) in [7, 11) is 0. The molecule has 4 heteroatoms.